The van der Waals surface area contributed by atoms with Crippen LogP contribution < -0.4 is 10.6 Å². The maximum atomic E-state index is 13.1. The highest BCUT2D eigenvalue weighted by Gasteiger charge is 2.20. The normalized spacial score (nSPS) is 10.9. The first kappa shape index (κ1) is 18.4. The molecule has 0 saturated heterocycles. The molecule has 29 heavy (non-hydrogen) atoms. The predicted octanol–water partition coefficient (Wildman–Crippen LogP) is 3.75. The third-order valence-corrected chi connectivity index (χ3v) is 4.45. The van der Waals surface area contributed by atoms with Crippen molar-refractivity contribution in [1.82, 2.24) is 14.8 Å². The highest BCUT2D eigenvalue weighted by atomic mass is 16.3. The number of rotatable bonds is 4. The highest BCUT2D eigenvalue weighted by Crippen LogP contribution is 2.28. The van der Waals surface area contributed by atoms with Crippen molar-refractivity contribution in [2.45, 2.75) is 13.8 Å². The van der Waals surface area contributed by atoms with Crippen LogP contribution in [0.1, 0.15) is 23.0 Å². The summed E-state index contributed by atoms with van der Waals surface area (Å²) in [6.07, 6.45) is 1.56. The maximum Gasteiger partial charge on any atom is 0.256 e. The molecule has 146 valence electrons. The molecular formula is C21H19N5O3. The van der Waals surface area contributed by atoms with Gasteiger partial charge in [0.1, 0.15) is 5.69 Å². The van der Waals surface area contributed by atoms with Crippen molar-refractivity contribution in [1.29, 1.82) is 0 Å². The molecule has 0 radical (unpaired) electrons. The Morgan fingerprint density at radius 1 is 1.07 bits per heavy atom. The largest absolute Gasteiger partial charge is 0.463 e. The van der Waals surface area contributed by atoms with Crippen molar-refractivity contribution >= 4 is 34.2 Å². The Morgan fingerprint density at radius 3 is 2.38 bits per heavy atom. The van der Waals surface area contributed by atoms with Crippen LogP contribution in [0, 0.1) is 6.92 Å². The molecule has 8 heteroatoms. The van der Waals surface area contributed by atoms with Crippen molar-refractivity contribution in [3.63, 3.8) is 0 Å². The van der Waals surface area contributed by atoms with Gasteiger partial charge in [0.25, 0.3) is 5.91 Å². The number of anilines is 2. The van der Waals surface area contributed by atoms with Crippen LogP contribution in [0.4, 0.5) is 11.4 Å². The van der Waals surface area contributed by atoms with Gasteiger partial charge < -0.3 is 15.1 Å². The van der Waals surface area contributed by atoms with E-state index in [9.17, 15) is 9.59 Å². The summed E-state index contributed by atoms with van der Waals surface area (Å²) in [6.45, 7) is 3.28. The van der Waals surface area contributed by atoms with E-state index in [2.05, 4.69) is 20.7 Å². The average molecular weight is 389 g/mol. The molecule has 4 aromatic rings. The third-order valence-electron chi connectivity index (χ3n) is 4.45. The number of fused-ring (bicyclic) bond motifs is 1. The Bertz CT molecular complexity index is 1210. The van der Waals surface area contributed by atoms with Crippen molar-refractivity contribution in [3.05, 3.63) is 60.0 Å². The van der Waals surface area contributed by atoms with Crippen LogP contribution in [0.15, 0.2) is 53.1 Å². The minimum absolute atomic E-state index is 0.154. The zero-order valence-corrected chi connectivity index (χ0v) is 16.2. The molecule has 2 amide bonds. The summed E-state index contributed by atoms with van der Waals surface area (Å²) in [4.78, 5) is 28.9. The van der Waals surface area contributed by atoms with Gasteiger partial charge in [-0.1, -0.05) is 0 Å². The number of aromatic nitrogens is 3. The SMILES string of the molecule is CC(=O)Nc1ccc(NC(=O)c2cc(-c3ccco3)nc3c2c(C)nn3C)cc1. The highest BCUT2D eigenvalue weighted by molar-refractivity contribution is 6.13. The number of nitrogens with one attached hydrogen (secondary N) is 2. The number of amides is 2. The molecule has 0 aliphatic carbocycles. The lowest BCUT2D eigenvalue weighted by Gasteiger charge is -2.09. The number of hydrogen-bond acceptors (Lipinski definition) is 5. The lowest BCUT2D eigenvalue weighted by atomic mass is 10.1. The van der Waals surface area contributed by atoms with Gasteiger partial charge in [-0.3, -0.25) is 14.3 Å². The van der Waals surface area contributed by atoms with E-state index in [1.54, 1.807) is 60.5 Å². The van der Waals surface area contributed by atoms with Gasteiger partial charge in [-0.2, -0.15) is 5.10 Å². The molecule has 0 saturated carbocycles. The van der Waals surface area contributed by atoms with Crippen LogP contribution >= 0.6 is 0 Å². The number of benzene rings is 1. The Hall–Kier alpha value is -3.94. The Morgan fingerprint density at radius 2 is 1.76 bits per heavy atom. The summed E-state index contributed by atoms with van der Waals surface area (Å²) in [6, 6.07) is 12.2. The first-order valence-corrected chi connectivity index (χ1v) is 8.99. The van der Waals surface area contributed by atoms with Crippen molar-refractivity contribution < 1.29 is 14.0 Å². The monoisotopic (exact) mass is 389 g/mol. The summed E-state index contributed by atoms with van der Waals surface area (Å²) in [5.74, 6) is 0.131. The molecule has 0 aliphatic heterocycles. The van der Waals surface area contributed by atoms with Crippen molar-refractivity contribution in [2.75, 3.05) is 10.6 Å². The van der Waals surface area contributed by atoms with Gasteiger partial charge in [-0.15, -0.1) is 0 Å². The molecule has 0 fully saturated rings. The molecule has 0 aliphatic rings. The van der Waals surface area contributed by atoms with E-state index in [1.807, 2.05) is 6.92 Å². The van der Waals surface area contributed by atoms with E-state index in [4.69, 9.17) is 4.42 Å². The molecule has 1 aromatic carbocycles. The van der Waals surface area contributed by atoms with E-state index in [1.165, 1.54) is 6.92 Å². The fourth-order valence-electron chi connectivity index (χ4n) is 3.21. The molecule has 4 rings (SSSR count). The van der Waals surface area contributed by atoms with Gasteiger partial charge in [-0.05, 0) is 49.4 Å². The third kappa shape index (κ3) is 3.60. The lowest BCUT2D eigenvalue weighted by Crippen LogP contribution is -2.13. The van der Waals surface area contributed by atoms with Gasteiger partial charge in [0.2, 0.25) is 5.91 Å². The molecule has 3 aromatic heterocycles. The first-order chi connectivity index (χ1) is 13.9. The zero-order valence-electron chi connectivity index (χ0n) is 16.2. The van der Waals surface area contributed by atoms with Gasteiger partial charge >= 0.3 is 0 Å². The van der Waals surface area contributed by atoms with Crippen molar-refractivity contribution in [2.24, 2.45) is 7.05 Å². The number of nitrogens with zero attached hydrogens (tertiary/aromatic N) is 3. The molecule has 0 atom stereocenters. The van der Waals surface area contributed by atoms with Crippen LogP contribution in [0.3, 0.4) is 0 Å². The van der Waals surface area contributed by atoms with Crippen LogP contribution in [-0.4, -0.2) is 26.6 Å². The Balaban J connectivity index is 1.72. The second-order valence-electron chi connectivity index (χ2n) is 6.65. The maximum absolute atomic E-state index is 13.1. The molecule has 0 spiro atoms. The van der Waals surface area contributed by atoms with E-state index in [0.717, 1.165) is 0 Å². The average Bonchev–Trinajstić information content (AvgIpc) is 3.31. The fraction of sp³-hybridized carbons (Fsp3) is 0.143. The van der Waals surface area contributed by atoms with Gasteiger partial charge in [0.05, 0.1) is 22.9 Å². The summed E-state index contributed by atoms with van der Waals surface area (Å²) in [7, 11) is 1.79. The summed E-state index contributed by atoms with van der Waals surface area (Å²) < 4.78 is 7.10. The zero-order chi connectivity index (χ0) is 20.5. The number of pyridine rings is 1. The van der Waals surface area contributed by atoms with E-state index in [-0.39, 0.29) is 11.8 Å². The minimum atomic E-state index is -0.284. The van der Waals surface area contributed by atoms with E-state index >= 15 is 0 Å². The van der Waals surface area contributed by atoms with Crippen molar-refractivity contribution in [3.8, 4) is 11.5 Å². The van der Waals surface area contributed by atoms with Crippen LogP contribution in [0.25, 0.3) is 22.5 Å². The predicted molar refractivity (Wildman–Crippen MR) is 110 cm³/mol. The standard InChI is InChI=1S/C21H19N5O3/c1-12-19-16(21(28)23-15-8-6-14(7-9-15)22-13(2)27)11-17(18-5-4-10-29-18)24-20(19)26(3)25-12/h4-11H,1-3H3,(H,22,27)(H,23,28). The van der Waals surface area contributed by atoms with E-state index < -0.39 is 0 Å². The van der Waals surface area contributed by atoms with E-state index in [0.29, 0.717) is 45.1 Å². The summed E-state index contributed by atoms with van der Waals surface area (Å²) in [5, 5.41) is 10.7. The second kappa shape index (κ2) is 7.23. The number of carbonyl (C=O) groups excluding carboxylic acids is 2. The van der Waals surface area contributed by atoms with Crippen LogP contribution in [0.5, 0.6) is 0 Å². The first-order valence-electron chi connectivity index (χ1n) is 8.99. The Labute approximate surface area is 166 Å². The Kier molecular flexibility index (Phi) is 4.59. The molecule has 2 N–H and O–H groups in total. The van der Waals surface area contributed by atoms with Crippen LogP contribution in [0.2, 0.25) is 0 Å². The fourth-order valence-corrected chi connectivity index (χ4v) is 3.21. The van der Waals surface area contributed by atoms with Gasteiger partial charge in [0.15, 0.2) is 11.4 Å². The van der Waals surface area contributed by atoms with Crippen LogP contribution in [-0.2, 0) is 11.8 Å². The molecule has 8 nitrogen and oxygen atoms in total. The van der Waals surface area contributed by atoms with Gasteiger partial charge in [0, 0.05) is 25.3 Å². The molecule has 3 heterocycles. The lowest BCUT2D eigenvalue weighted by molar-refractivity contribution is -0.114. The van der Waals surface area contributed by atoms with Gasteiger partial charge in [-0.25, -0.2) is 4.98 Å². The molecule has 0 unspecified atom stereocenters. The number of carbonyl (C=O) groups is 2. The topological polar surface area (TPSA) is 102 Å². The second-order valence-corrected chi connectivity index (χ2v) is 6.65. The smallest absolute Gasteiger partial charge is 0.256 e. The number of aryl methyl sites for hydroxylation is 2. The minimum Gasteiger partial charge on any atom is -0.463 e. The number of furan rings is 1. The molecule has 0 bridgehead atoms. The number of hydrogen-bond donors (Lipinski definition) is 2. The summed E-state index contributed by atoms with van der Waals surface area (Å²) >= 11 is 0. The quantitative estimate of drug-likeness (QED) is 0.553. The molecular weight excluding hydrogens is 370 g/mol. The summed E-state index contributed by atoms with van der Waals surface area (Å²) in [5.41, 5.74) is 3.59.